The minimum Gasteiger partial charge on any atom is -0.497 e. The molecular weight excluding hydrogens is 472 g/mol. The van der Waals surface area contributed by atoms with Gasteiger partial charge in [0.1, 0.15) is 11.5 Å². The SMILES string of the molecule is COc1ccc(-c2nnc(COc3ccc(NC(=O)[C@@H]4CC(=O)N(c5ccc(C)cc5)C4)cc3)o2)cc1. The summed E-state index contributed by atoms with van der Waals surface area (Å²) in [5, 5.41) is 11.0. The third-order valence-corrected chi connectivity index (χ3v) is 6.13. The van der Waals surface area contributed by atoms with Crippen molar-refractivity contribution in [1.82, 2.24) is 10.2 Å². The lowest BCUT2D eigenvalue weighted by atomic mass is 10.1. The number of ether oxygens (including phenoxy) is 2. The molecule has 5 rings (SSSR count). The monoisotopic (exact) mass is 498 g/mol. The van der Waals surface area contributed by atoms with Gasteiger partial charge in [0.15, 0.2) is 6.61 Å². The maximum Gasteiger partial charge on any atom is 0.254 e. The summed E-state index contributed by atoms with van der Waals surface area (Å²) in [6.07, 6.45) is 0.184. The Morgan fingerprint density at radius 1 is 1.00 bits per heavy atom. The van der Waals surface area contributed by atoms with Crippen molar-refractivity contribution in [2.24, 2.45) is 5.92 Å². The molecule has 188 valence electrons. The van der Waals surface area contributed by atoms with E-state index in [1.807, 2.05) is 55.5 Å². The second-order valence-corrected chi connectivity index (χ2v) is 8.77. The molecule has 37 heavy (non-hydrogen) atoms. The molecule has 3 aromatic carbocycles. The van der Waals surface area contributed by atoms with Gasteiger partial charge in [-0.1, -0.05) is 17.7 Å². The summed E-state index contributed by atoms with van der Waals surface area (Å²) in [5.74, 6) is 1.41. The van der Waals surface area contributed by atoms with Crippen LogP contribution in [0.5, 0.6) is 11.5 Å². The van der Waals surface area contributed by atoms with Gasteiger partial charge in [-0.3, -0.25) is 9.59 Å². The molecular formula is C28H26N4O5. The van der Waals surface area contributed by atoms with E-state index in [-0.39, 0.29) is 24.8 Å². The molecule has 0 unspecified atom stereocenters. The topological polar surface area (TPSA) is 107 Å². The van der Waals surface area contributed by atoms with E-state index < -0.39 is 5.92 Å². The predicted octanol–water partition coefficient (Wildman–Crippen LogP) is 4.62. The molecule has 2 heterocycles. The zero-order valence-corrected chi connectivity index (χ0v) is 20.5. The zero-order valence-electron chi connectivity index (χ0n) is 20.5. The minimum atomic E-state index is -0.415. The van der Waals surface area contributed by atoms with Crippen LogP contribution < -0.4 is 19.7 Å². The highest BCUT2D eigenvalue weighted by Crippen LogP contribution is 2.27. The Morgan fingerprint density at radius 3 is 2.41 bits per heavy atom. The summed E-state index contributed by atoms with van der Waals surface area (Å²) in [5.41, 5.74) is 3.33. The molecule has 1 saturated heterocycles. The van der Waals surface area contributed by atoms with Crippen LogP contribution in [-0.2, 0) is 16.2 Å². The van der Waals surface area contributed by atoms with E-state index >= 15 is 0 Å². The Morgan fingerprint density at radius 2 is 1.70 bits per heavy atom. The molecule has 9 heteroatoms. The number of methoxy groups -OCH3 is 1. The van der Waals surface area contributed by atoms with Crippen molar-refractivity contribution >= 4 is 23.2 Å². The lowest BCUT2D eigenvalue weighted by Crippen LogP contribution is -2.28. The molecule has 4 aromatic rings. The number of hydrogen-bond acceptors (Lipinski definition) is 7. The van der Waals surface area contributed by atoms with Gasteiger partial charge in [0, 0.05) is 29.9 Å². The van der Waals surface area contributed by atoms with Crippen LogP contribution in [0.2, 0.25) is 0 Å². The summed E-state index contributed by atoms with van der Waals surface area (Å²) in [4.78, 5) is 26.9. The van der Waals surface area contributed by atoms with E-state index in [0.29, 0.717) is 29.8 Å². The number of nitrogens with one attached hydrogen (secondary N) is 1. The minimum absolute atomic E-state index is 0.0519. The van der Waals surface area contributed by atoms with Crippen LogP contribution in [0.3, 0.4) is 0 Å². The number of aryl methyl sites for hydroxylation is 1. The van der Waals surface area contributed by atoms with E-state index in [0.717, 1.165) is 22.6 Å². The zero-order chi connectivity index (χ0) is 25.8. The first-order valence-electron chi connectivity index (χ1n) is 11.9. The quantitative estimate of drug-likeness (QED) is 0.378. The third-order valence-electron chi connectivity index (χ3n) is 6.13. The molecule has 1 N–H and O–H groups in total. The summed E-state index contributed by atoms with van der Waals surface area (Å²) in [6.45, 7) is 2.46. The van der Waals surface area contributed by atoms with Gasteiger partial charge in [-0.25, -0.2) is 0 Å². The third kappa shape index (κ3) is 5.61. The van der Waals surface area contributed by atoms with Crippen LogP contribution in [-0.4, -0.2) is 35.7 Å². The molecule has 0 spiro atoms. The maximum absolute atomic E-state index is 12.8. The Labute approximate surface area is 214 Å². The van der Waals surface area contributed by atoms with Gasteiger partial charge in [-0.2, -0.15) is 0 Å². The van der Waals surface area contributed by atoms with E-state index in [1.54, 1.807) is 36.3 Å². The van der Waals surface area contributed by atoms with E-state index in [4.69, 9.17) is 13.9 Å². The van der Waals surface area contributed by atoms with Crippen molar-refractivity contribution in [2.45, 2.75) is 20.0 Å². The van der Waals surface area contributed by atoms with Gasteiger partial charge in [-0.15, -0.1) is 10.2 Å². The Kier molecular flexibility index (Phi) is 6.85. The van der Waals surface area contributed by atoms with Crippen molar-refractivity contribution in [3.63, 3.8) is 0 Å². The van der Waals surface area contributed by atoms with Crippen molar-refractivity contribution in [2.75, 3.05) is 23.9 Å². The molecule has 0 aliphatic carbocycles. The summed E-state index contributed by atoms with van der Waals surface area (Å²) >= 11 is 0. The molecule has 2 amide bonds. The molecule has 1 atom stereocenters. The predicted molar refractivity (Wildman–Crippen MR) is 137 cm³/mol. The van der Waals surface area contributed by atoms with Gasteiger partial charge < -0.3 is 24.1 Å². The summed E-state index contributed by atoms with van der Waals surface area (Å²) in [7, 11) is 1.61. The molecule has 1 aliphatic heterocycles. The van der Waals surface area contributed by atoms with Gasteiger partial charge in [0.2, 0.25) is 17.7 Å². The second kappa shape index (κ2) is 10.5. The fraction of sp³-hybridized carbons (Fsp3) is 0.214. The van der Waals surface area contributed by atoms with Crippen molar-refractivity contribution in [1.29, 1.82) is 0 Å². The Hall–Kier alpha value is -4.66. The smallest absolute Gasteiger partial charge is 0.254 e. The van der Waals surface area contributed by atoms with E-state index in [9.17, 15) is 9.59 Å². The lowest BCUT2D eigenvalue weighted by molar-refractivity contribution is -0.122. The van der Waals surface area contributed by atoms with Gasteiger partial charge in [0.25, 0.3) is 5.89 Å². The number of aromatic nitrogens is 2. The number of anilines is 2. The first kappa shape index (κ1) is 24.1. The second-order valence-electron chi connectivity index (χ2n) is 8.77. The van der Waals surface area contributed by atoms with Crippen molar-refractivity contribution < 1.29 is 23.5 Å². The molecule has 9 nitrogen and oxygen atoms in total. The standard InChI is InChI=1S/C28H26N4O5/c1-18-3-9-22(10-4-18)32-16-20(15-26(32)33)27(34)29-21-7-13-24(14-8-21)36-17-25-30-31-28(37-25)19-5-11-23(35-2)12-6-19/h3-14,20H,15-17H2,1-2H3,(H,29,34)/t20-/m1/s1. The van der Waals surface area contributed by atoms with E-state index in [1.165, 1.54) is 0 Å². The number of hydrogen-bond donors (Lipinski definition) is 1. The van der Waals surface area contributed by atoms with Crippen LogP contribution in [0, 0.1) is 12.8 Å². The highest BCUT2D eigenvalue weighted by Gasteiger charge is 2.35. The molecule has 0 saturated carbocycles. The van der Waals surface area contributed by atoms with Crippen LogP contribution in [0.15, 0.2) is 77.2 Å². The fourth-order valence-corrected chi connectivity index (χ4v) is 4.04. The summed E-state index contributed by atoms with van der Waals surface area (Å²) < 4.78 is 16.6. The van der Waals surface area contributed by atoms with Crippen molar-refractivity contribution in [3.8, 4) is 23.0 Å². The number of carbonyl (C=O) groups excluding carboxylic acids is 2. The van der Waals surface area contributed by atoms with Crippen molar-refractivity contribution in [3.05, 3.63) is 84.3 Å². The number of carbonyl (C=O) groups is 2. The number of nitrogens with zero attached hydrogens (tertiary/aromatic N) is 3. The molecule has 1 aliphatic rings. The maximum atomic E-state index is 12.8. The first-order valence-corrected chi connectivity index (χ1v) is 11.9. The largest absolute Gasteiger partial charge is 0.497 e. The van der Waals surface area contributed by atoms with Crippen LogP contribution in [0.4, 0.5) is 11.4 Å². The highest BCUT2D eigenvalue weighted by atomic mass is 16.5. The summed E-state index contributed by atoms with van der Waals surface area (Å²) in [6, 6.07) is 22.0. The molecule has 0 radical (unpaired) electrons. The average molecular weight is 499 g/mol. The number of rotatable bonds is 8. The van der Waals surface area contributed by atoms with E-state index in [2.05, 4.69) is 15.5 Å². The van der Waals surface area contributed by atoms with Gasteiger partial charge in [-0.05, 0) is 67.6 Å². The Bertz CT molecular complexity index is 1380. The normalized spacial score (nSPS) is 15.0. The number of benzene rings is 3. The van der Waals surface area contributed by atoms with Crippen LogP contribution in [0.1, 0.15) is 17.9 Å². The molecule has 0 bridgehead atoms. The van der Waals surface area contributed by atoms with Gasteiger partial charge in [0.05, 0.1) is 13.0 Å². The molecule has 1 fully saturated rings. The highest BCUT2D eigenvalue weighted by molar-refractivity contribution is 6.03. The fourth-order valence-electron chi connectivity index (χ4n) is 4.04. The van der Waals surface area contributed by atoms with Gasteiger partial charge >= 0.3 is 0 Å². The average Bonchev–Trinajstić information content (AvgIpc) is 3.56. The van der Waals surface area contributed by atoms with Crippen LogP contribution >= 0.6 is 0 Å². The van der Waals surface area contributed by atoms with Crippen LogP contribution in [0.25, 0.3) is 11.5 Å². The number of amides is 2. The first-order chi connectivity index (χ1) is 18.0. The lowest BCUT2D eigenvalue weighted by Gasteiger charge is -2.17. The molecule has 1 aromatic heterocycles. The Balaban J connectivity index is 1.13.